The van der Waals surface area contributed by atoms with E-state index in [4.69, 9.17) is 0 Å². The van der Waals surface area contributed by atoms with Crippen molar-refractivity contribution in [2.24, 2.45) is 0 Å². The summed E-state index contributed by atoms with van der Waals surface area (Å²) in [4.78, 5) is 7.18. The summed E-state index contributed by atoms with van der Waals surface area (Å²) in [7, 11) is 6.47. The standard InChI is InChI=1S/C9H21N3.ClH.Zn/c1-10(2)4-7-12-8-5-11(3)6-9-12;;/h4-9H2,1-3H3;1H;. The molecular formula is C9H22ClN3Zn. The summed E-state index contributed by atoms with van der Waals surface area (Å²) < 4.78 is 0. The van der Waals surface area contributed by atoms with Crippen molar-refractivity contribution in [1.29, 1.82) is 0 Å². The first-order chi connectivity index (χ1) is 5.68. The van der Waals surface area contributed by atoms with Gasteiger partial charge >= 0.3 is 0 Å². The maximum absolute atomic E-state index is 2.54. The molecule has 1 aliphatic heterocycles. The van der Waals surface area contributed by atoms with Crippen LogP contribution in [0.1, 0.15) is 0 Å². The van der Waals surface area contributed by atoms with Crippen LogP contribution in [0.25, 0.3) is 0 Å². The molecule has 14 heavy (non-hydrogen) atoms. The zero-order valence-corrected chi connectivity index (χ0v) is 13.5. The van der Waals surface area contributed by atoms with Crippen molar-refractivity contribution in [2.75, 3.05) is 60.4 Å². The molecule has 1 fully saturated rings. The summed E-state index contributed by atoms with van der Waals surface area (Å²) in [5.74, 6) is 0. The predicted molar refractivity (Wildman–Crippen MR) is 59.7 cm³/mol. The molecule has 0 aromatic heterocycles. The Morgan fingerprint density at radius 1 is 1.07 bits per heavy atom. The topological polar surface area (TPSA) is 9.72 Å². The minimum atomic E-state index is 0. The van der Waals surface area contributed by atoms with E-state index < -0.39 is 0 Å². The van der Waals surface area contributed by atoms with Gasteiger partial charge in [0.2, 0.25) is 0 Å². The number of likely N-dealkylation sites (N-methyl/N-ethyl adjacent to an activating group) is 2. The first-order valence-corrected chi connectivity index (χ1v) is 4.74. The molecule has 0 aromatic carbocycles. The van der Waals surface area contributed by atoms with Crippen molar-refractivity contribution in [1.82, 2.24) is 14.7 Å². The molecule has 0 spiro atoms. The molecule has 0 aliphatic carbocycles. The van der Waals surface area contributed by atoms with E-state index in [-0.39, 0.29) is 31.9 Å². The van der Waals surface area contributed by atoms with Crippen LogP contribution in [0, 0.1) is 0 Å². The van der Waals surface area contributed by atoms with Gasteiger partial charge in [0, 0.05) is 58.7 Å². The average molecular weight is 273 g/mol. The Kier molecular flexibility index (Phi) is 11.1. The summed E-state index contributed by atoms with van der Waals surface area (Å²) in [6.07, 6.45) is 0. The van der Waals surface area contributed by atoms with Crippen LogP contribution in [-0.2, 0) is 19.5 Å². The van der Waals surface area contributed by atoms with Gasteiger partial charge in [0.25, 0.3) is 0 Å². The van der Waals surface area contributed by atoms with Gasteiger partial charge in [0.15, 0.2) is 0 Å². The molecule has 0 amide bonds. The van der Waals surface area contributed by atoms with E-state index >= 15 is 0 Å². The van der Waals surface area contributed by atoms with Crippen molar-refractivity contribution < 1.29 is 19.5 Å². The minimum Gasteiger partial charge on any atom is -0.308 e. The van der Waals surface area contributed by atoms with Gasteiger partial charge in [0.05, 0.1) is 0 Å². The predicted octanol–water partition coefficient (Wildman–Crippen LogP) is 0.215. The third kappa shape index (κ3) is 7.13. The van der Waals surface area contributed by atoms with E-state index in [1.807, 2.05) is 0 Å². The molecule has 1 saturated heterocycles. The van der Waals surface area contributed by atoms with Crippen molar-refractivity contribution in [3.8, 4) is 0 Å². The normalized spacial score (nSPS) is 18.9. The van der Waals surface area contributed by atoms with Crippen molar-refractivity contribution in [3.63, 3.8) is 0 Å². The van der Waals surface area contributed by atoms with E-state index in [0.717, 1.165) is 0 Å². The molecule has 5 heteroatoms. The fourth-order valence-electron chi connectivity index (χ4n) is 1.41. The number of hydrogen-bond donors (Lipinski definition) is 0. The first-order valence-electron chi connectivity index (χ1n) is 4.74. The van der Waals surface area contributed by atoms with Crippen LogP contribution in [0.5, 0.6) is 0 Å². The third-order valence-electron chi connectivity index (χ3n) is 2.46. The SMILES string of the molecule is CN(C)CCN1CCN(C)CC1.Cl.[Zn]. The monoisotopic (exact) mass is 271 g/mol. The van der Waals surface area contributed by atoms with E-state index in [9.17, 15) is 0 Å². The number of halogens is 1. The van der Waals surface area contributed by atoms with Crippen molar-refractivity contribution in [2.45, 2.75) is 0 Å². The average Bonchev–Trinajstić information content (AvgIpc) is 2.03. The summed E-state index contributed by atoms with van der Waals surface area (Å²) in [5, 5.41) is 0. The second kappa shape index (κ2) is 9.05. The van der Waals surface area contributed by atoms with Crippen LogP contribution in [0.4, 0.5) is 0 Å². The molecule has 1 rings (SSSR count). The summed E-state index contributed by atoms with van der Waals surface area (Å²) in [5.41, 5.74) is 0. The molecule has 0 saturated carbocycles. The molecule has 3 nitrogen and oxygen atoms in total. The van der Waals surface area contributed by atoms with Gasteiger partial charge in [-0.2, -0.15) is 0 Å². The van der Waals surface area contributed by atoms with E-state index in [1.165, 1.54) is 39.3 Å². The largest absolute Gasteiger partial charge is 0.308 e. The summed E-state index contributed by atoms with van der Waals surface area (Å²) in [6, 6.07) is 0. The zero-order chi connectivity index (χ0) is 8.97. The second-order valence-electron chi connectivity index (χ2n) is 3.95. The maximum atomic E-state index is 2.54. The fraction of sp³-hybridized carbons (Fsp3) is 1.00. The Morgan fingerprint density at radius 2 is 1.57 bits per heavy atom. The third-order valence-corrected chi connectivity index (χ3v) is 2.46. The van der Waals surface area contributed by atoms with Gasteiger partial charge in [-0.1, -0.05) is 0 Å². The van der Waals surface area contributed by atoms with Gasteiger partial charge in [-0.15, -0.1) is 12.4 Å². The van der Waals surface area contributed by atoms with Crippen LogP contribution >= 0.6 is 12.4 Å². The number of hydrogen-bond acceptors (Lipinski definition) is 3. The first kappa shape index (κ1) is 17.2. The quantitative estimate of drug-likeness (QED) is 0.681. The molecule has 0 atom stereocenters. The van der Waals surface area contributed by atoms with Crippen LogP contribution in [0.15, 0.2) is 0 Å². The van der Waals surface area contributed by atoms with Gasteiger partial charge in [-0.3, -0.25) is 4.90 Å². The molecule has 1 aliphatic rings. The molecule has 0 aromatic rings. The van der Waals surface area contributed by atoms with Gasteiger partial charge < -0.3 is 9.80 Å². The maximum Gasteiger partial charge on any atom is 0.0110 e. The van der Waals surface area contributed by atoms with Crippen molar-refractivity contribution in [3.05, 3.63) is 0 Å². The van der Waals surface area contributed by atoms with Crippen LogP contribution in [-0.4, -0.2) is 75.1 Å². The molecular weight excluding hydrogens is 251 g/mol. The van der Waals surface area contributed by atoms with Gasteiger partial charge in [-0.25, -0.2) is 0 Å². The second-order valence-corrected chi connectivity index (χ2v) is 3.95. The fourth-order valence-corrected chi connectivity index (χ4v) is 1.41. The Hall–Kier alpha value is 0.793. The van der Waals surface area contributed by atoms with Crippen LogP contribution in [0.3, 0.4) is 0 Å². The van der Waals surface area contributed by atoms with Gasteiger partial charge in [0.1, 0.15) is 0 Å². The molecule has 1 heterocycles. The molecule has 0 unspecified atom stereocenters. The minimum absolute atomic E-state index is 0. The van der Waals surface area contributed by atoms with Crippen LogP contribution in [0.2, 0.25) is 0 Å². The Bertz CT molecular complexity index is 127. The molecule has 0 bridgehead atoms. The van der Waals surface area contributed by atoms with Crippen LogP contribution < -0.4 is 0 Å². The molecule has 0 N–H and O–H groups in total. The molecule has 82 valence electrons. The molecule has 0 radical (unpaired) electrons. The smallest absolute Gasteiger partial charge is 0.0110 e. The number of piperazine rings is 1. The Balaban J connectivity index is 0. The zero-order valence-electron chi connectivity index (χ0n) is 9.70. The van der Waals surface area contributed by atoms with E-state index in [1.54, 1.807) is 0 Å². The van der Waals surface area contributed by atoms with Crippen molar-refractivity contribution >= 4 is 12.4 Å². The number of nitrogens with zero attached hydrogens (tertiary/aromatic N) is 3. The van der Waals surface area contributed by atoms with E-state index in [2.05, 4.69) is 35.8 Å². The Labute approximate surface area is 107 Å². The van der Waals surface area contributed by atoms with E-state index in [0.29, 0.717) is 0 Å². The Morgan fingerprint density at radius 3 is 2.00 bits per heavy atom. The summed E-state index contributed by atoms with van der Waals surface area (Å²) >= 11 is 0. The number of rotatable bonds is 3. The van der Waals surface area contributed by atoms with Gasteiger partial charge in [-0.05, 0) is 21.1 Å². The summed E-state index contributed by atoms with van der Waals surface area (Å²) in [6.45, 7) is 7.35.